The summed E-state index contributed by atoms with van der Waals surface area (Å²) < 4.78 is 10.7. The van der Waals surface area contributed by atoms with Gasteiger partial charge in [0.1, 0.15) is 11.8 Å². The zero-order valence-electron chi connectivity index (χ0n) is 16.0. The summed E-state index contributed by atoms with van der Waals surface area (Å²) in [5, 5.41) is 13.0. The number of ketones is 1. The molecule has 7 heteroatoms. The number of carbonyl (C=O) groups excluding carboxylic acids is 2. The molecule has 1 saturated heterocycles. The van der Waals surface area contributed by atoms with Gasteiger partial charge in [0.15, 0.2) is 11.5 Å². The van der Waals surface area contributed by atoms with Crippen LogP contribution in [0.5, 0.6) is 11.5 Å². The lowest BCUT2D eigenvalue weighted by molar-refractivity contribution is -0.132. The molecule has 0 spiro atoms. The number of Topliss-reactive ketones (excluding diaryl/α,β-unsaturated/α-hetero) is 1. The van der Waals surface area contributed by atoms with Crippen LogP contribution in [0.1, 0.15) is 22.0 Å². The van der Waals surface area contributed by atoms with Crippen molar-refractivity contribution in [2.75, 3.05) is 11.7 Å². The van der Waals surface area contributed by atoms with Crippen molar-refractivity contribution in [1.82, 2.24) is 0 Å². The maximum absolute atomic E-state index is 13.1. The van der Waals surface area contributed by atoms with Crippen molar-refractivity contribution in [1.29, 1.82) is 0 Å². The number of aliphatic hydroxyl groups is 1. The van der Waals surface area contributed by atoms with E-state index in [0.717, 1.165) is 10.4 Å². The first-order valence-corrected chi connectivity index (χ1v) is 10.2. The topological polar surface area (TPSA) is 76.1 Å². The van der Waals surface area contributed by atoms with Gasteiger partial charge in [0, 0.05) is 16.1 Å². The van der Waals surface area contributed by atoms with Gasteiger partial charge in [-0.05, 0) is 54.3 Å². The van der Waals surface area contributed by atoms with E-state index in [9.17, 15) is 14.7 Å². The Morgan fingerprint density at radius 1 is 1.07 bits per heavy atom. The number of carbonyl (C=O) groups is 2. The van der Waals surface area contributed by atoms with Gasteiger partial charge in [-0.1, -0.05) is 18.2 Å². The predicted molar refractivity (Wildman–Crippen MR) is 113 cm³/mol. The van der Waals surface area contributed by atoms with E-state index in [1.165, 1.54) is 16.2 Å². The average Bonchev–Trinajstić information content (AvgIpc) is 3.47. The number of thiophene rings is 1. The SMILES string of the molecule is Cc1cccc(N2C(=O)C(=O)/C(=C(\O)c3ccc4c(c3)OCO4)C2c2cccs2)c1. The molecule has 1 amide bonds. The molecule has 3 aromatic rings. The van der Waals surface area contributed by atoms with Crippen LogP contribution in [0.3, 0.4) is 0 Å². The van der Waals surface area contributed by atoms with Crippen molar-refractivity contribution in [3.63, 3.8) is 0 Å². The van der Waals surface area contributed by atoms with E-state index in [4.69, 9.17) is 9.47 Å². The van der Waals surface area contributed by atoms with E-state index in [1.54, 1.807) is 24.3 Å². The van der Waals surface area contributed by atoms with Gasteiger partial charge >= 0.3 is 0 Å². The summed E-state index contributed by atoms with van der Waals surface area (Å²) in [7, 11) is 0. The molecule has 1 fully saturated rings. The minimum atomic E-state index is -0.718. The predicted octanol–water partition coefficient (Wildman–Crippen LogP) is 4.41. The fourth-order valence-corrected chi connectivity index (χ4v) is 4.62. The molecular weight excluding hydrogens is 402 g/mol. The molecule has 1 unspecified atom stereocenters. The monoisotopic (exact) mass is 419 g/mol. The Morgan fingerprint density at radius 3 is 2.67 bits per heavy atom. The van der Waals surface area contributed by atoms with E-state index in [0.29, 0.717) is 22.7 Å². The quantitative estimate of drug-likeness (QED) is 0.387. The normalized spacial score (nSPS) is 19.5. The van der Waals surface area contributed by atoms with Crippen LogP contribution in [0.15, 0.2) is 65.6 Å². The van der Waals surface area contributed by atoms with Crippen LogP contribution in [0, 0.1) is 6.92 Å². The lowest BCUT2D eigenvalue weighted by atomic mass is 9.99. The number of rotatable bonds is 3. The van der Waals surface area contributed by atoms with Crippen LogP contribution in [0.25, 0.3) is 5.76 Å². The van der Waals surface area contributed by atoms with Gasteiger partial charge in [-0.2, -0.15) is 0 Å². The molecule has 5 rings (SSSR count). The van der Waals surface area contributed by atoms with Crippen LogP contribution in [-0.2, 0) is 9.59 Å². The van der Waals surface area contributed by atoms with Crippen molar-refractivity contribution in [2.45, 2.75) is 13.0 Å². The number of amides is 1. The Kier molecular flexibility index (Phi) is 4.33. The third-order valence-electron chi connectivity index (χ3n) is 5.18. The van der Waals surface area contributed by atoms with Gasteiger partial charge in [-0.3, -0.25) is 14.5 Å². The van der Waals surface area contributed by atoms with Gasteiger partial charge in [-0.25, -0.2) is 0 Å². The van der Waals surface area contributed by atoms with Crippen LogP contribution in [0.2, 0.25) is 0 Å². The number of hydrogen-bond donors (Lipinski definition) is 1. The number of ether oxygens (including phenoxy) is 2. The van der Waals surface area contributed by atoms with Gasteiger partial charge < -0.3 is 14.6 Å². The zero-order valence-corrected chi connectivity index (χ0v) is 16.8. The largest absolute Gasteiger partial charge is 0.507 e. The van der Waals surface area contributed by atoms with Crippen LogP contribution in [0.4, 0.5) is 5.69 Å². The zero-order chi connectivity index (χ0) is 20.8. The van der Waals surface area contributed by atoms with Crippen molar-refractivity contribution >= 4 is 34.5 Å². The summed E-state index contributed by atoms with van der Waals surface area (Å²) in [6, 6.07) is 15.4. The van der Waals surface area contributed by atoms with Gasteiger partial charge in [-0.15, -0.1) is 11.3 Å². The fourth-order valence-electron chi connectivity index (χ4n) is 3.79. The third-order valence-corrected chi connectivity index (χ3v) is 6.11. The van der Waals surface area contributed by atoms with Crippen LogP contribution >= 0.6 is 11.3 Å². The van der Waals surface area contributed by atoms with Gasteiger partial charge in [0.2, 0.25) is 6.79 Å². The number of anilines is 1. The molecule has 0 saturated carbocycles. The molecule has 2 aromatic carbocycles. The molecule has 30 heavy (non-hydrogen) atoms. The number of benzene rings is 2. The summed E-state index contributed by atoms with van der Waals surface area (Å²) in [6.07, 6.45) is 0. The molecule has 2 aliphatic rings. The molecule has 0 aliphatic carbocycles. The first kappa shape index (κ1) is 18.4. The minimum Gasteiger partial charge on any atom is -0.507 e. The lowest BCUT2D eigenvalue weighted by Gasteiger charge is -2.24. The first-order chi connectivity index (χ1) is 14.5. The Bertz CT molecular complexity index is 1200. The van der Waals surface area contributed by atoms with Crippen LogP contribution < -0.4 is 14.4 Å². The highest BCUT2D eigenvalue weighted by Crippen LogP contribution is 2.44. The van der Waals surface area contributed by atoms with Crippen molar-refractivity contribution in [2.24, 2.45) is 0 Å². The maximum Gasteiger partial charge on any atom is 0.300 e. The Balaban J connectivity index is 1.69. The molecule has 1 atom stereocenters. The summed E-state index contributed by atoms with van der Waals surface area (Å²) in [5.41, 5.74) is 2.03. The second-order valence-corrected chi connectivity index (χ2v) is 8.07. The number of hydrogen-bond acceptors (Lipinski definition) is 6. The van der Waals surface area contributed by atoms with Gasteiger partial charge in [0.05, 0.1) is 5.57 Å². The van der Waals surface area contributed by atoms with Crippen molar-refractivity contribution in [3.8, 4) is 11.5 Å². The standard InChI is InChI=1S/C23H17NO5S/c1-13-4-2-5-15(10-13)24-20(18-6-3-9-30-18)19(22(26)23(24)27)21(25)14-7-8-16-17(11-14)29-12-28-16/h2-11,20,25H,12H2,1H3/b21-19-. The Hall–Kier alpha value is -3.58. The maximum atomic E-state index is 13.1. The summed E-state index contributed by atoms with van der Waals surface area (Å²) in [6.45, 7) is 2.03. The molecule has 150 valence electrons. The molecule has 0 bridgehead atoms. The molecule has 0 radical (unpaired) electrons. The highest BCUT2D eigenvalue weighted by atomic mass is 32.1. The number of fused-ring (bicyclic) bond motifs is 1. The number of aryl methyl sites for hydroxylation is 1. The van der Waals surface area contributed by atoms with E-state index in [-0.39, 0.29) is 18.1 Å². The Labute approximate surface area is 176 Å². The first-order valence-electron chi connectivity index (χ1n) is 9.35. The average molecular weight is 419 g/mol. The molecule has 2 aliphatic heterocycles. The van der Waals surface area contributed by atoms with Gasteiger partial charge in [0.25, 0.3) is 11.7 Å². The van der Waals surface area contributed by atoms with E-state index < -0.39 is 17.7 Å². The second-order valence-electron chi connectivity index (χ2n) is 7.09. The van der Waals surface area contributed by atoms with E-state index >= 15 is 0 Å². The van der Waals surface area contributed by atoms with Crippen LogP contribution in [-0.4, -0.2) is 23.6 Å². The molecule has 6 nitrogen and oxygen atoms in total. The lowest BCUT2D eigenvalue weighted by Crippen LogP contribution is -2.29. The van der Waals surface area contributed by atoms with Crippen molar-refractivity contribution in [3.05, 3.63) is 81.6 Å². The third kappa shape index (κ3) is 2.86. The molecule has 1 N–H and O–H groups in total. The minimum absolute atomic E-state index is 0.0582. The van der Waals surface area contributed by atoms with E-state index in [1.807, 2.05) is 42.6 Å². The molecular formula is C23H17NO5S. The highest BCUT2D eigenvalue weighted by molar-refractivity contribution is 7.10. The molecule has 1 aromatic heterocycles. The fraction of sp³-hybridized carbons (Fsp3) is 0.130. The smallest absolute Gasteiger partial charge is 0.300 e. The highest BCUT2D eigenvalue weighted by Gasteiger charge is 2.47. The summed E-state index contributed by atoms with van der Waals surface area (Å²) >= 11 is 1.43. The molecule has 3 heterocycles. The number of nitrogens with zero attached hydrogens (tertiary/aromatic N) is 1. The van der Waals surface area contributed by atoms with E-state index in [2.05, 4.69) is 0 Å². The second kappa shape index (κ2) is 7.03. The summed E-state index contributed by atoms with van der Waals surface area (Å²) in [5.74, 6) is -0.562. The Morgan fingerprint density at radius 2 is 1.90 bits per heavy atom. The van der Waals surface area contributed by atoms with Crippen molar-refractivity contribution < 1.29 is 24.2 Å². The number of aliphatic hydroxyl groups excluding tert-OH is 1. The summed E-state index contributed by atoms with van der Waals surface area (Å²) in [4.78, 5) is 28.4.